The van der Waals surface area contributed by atoms with E-state index in [-0.39, 0.29) is 11.5 Å². The van der Waals surface area contributed by atoms with Gasteiger partial charge in [0.05, 0.1) is 10.6 Å². The topological polar surface area (TPSA) is 54.4 Å². The molecule has 0 aromatic heterocycles. The molecule has 0 spiro atoms. The largest absolute Gasteiger partial charge is 0.508 e. The first-order valence-electron chi connectivity index (χ1n) is 5.81. The zero-order valence-electron chi connectivity index (χ0n) is 10.4. The van der Waals surface area contributed by atoms with Crippen molar-refractivity contribution >= 4 is 21.6 Å². The summed E-state index contributed by atoms with van der Waals surface area (Å²) >= 11 is 1.47. The molecule has 0 bridgehead atoms. The van der Waals surface area contributed by atoms with Gasteiger partial charge in [-0.2, -0.15) is 0 Å². The Kier molecular flexibility index (Phi) is 4.17. The van der Waals surface area contributed by atoms with Gasteiger partial charge in [0.2, 0.25) is 0 Å². The van der Waals surface area contributed by atoms with Crippen LogP contribution in [0.1, 0.15) is 6.92 Å². The van der Waals surface area contributed by atoms with Gasteiger partial charge in [-0.1, -0.05) is 24.8 Å². The van der Waals surface area contributed by atoms with E-state index in [1.165, 1.54) is 11.8 Å². The van der Waals surface area contributed by atoms with E-state index in [1.54, 1.807) is 49.4 Å². The van der Waals surface area contributed by atoms with Crippen molar-refractivity contribution in [2.24, 2.45) is 0 Å². The number of rotatable bonds is 4. The summed E-state index contributed by atoms with van der Waals surface area (Å²) in [7, 11) is -3.14. The summed E-state index contributed by atoms with van der Waals surface area (Å²) in [6, 6.07) is 13.7. The highest BCUT2D eigenvalue weighted by Gasteiger charge is 2.10. The smallest absolute Gasteiger partial charge is 0.178 e. The van der Waals surface area contributed by atoms with Crippen LogP contribution >= 0.6 is 11.8 Å². The molecule has 0 saturated heterocycles. The maximum Gasteiger partial charge on any atom is 0.178 e. The molecule has 0 unspecified atom stereocenters. The third-order valence-electron chi connectivity index (χ3n) is 2.62. The lowest BCUT2D eigenvalue weighted by molar-refractivity contribution is 0.474. The molecule has 0 fully saturated rings. The molecular formula is C14H14O3S2. The zero-order chi connectivity index (χ0) is 13.9. The highest BCUT2D eigenvalue weighted by atomic mass is 32.2. The van der Waals surface area contributed by atoms with E-state index in [0.29, 0.717) is 4.90 Å². The molecule has 0 saturated carbocycles. The maximum absolute atomic E-state index is 11.7. The minimum absolute atomic E-state index is 0.103. The number of hydrogen-bond donors (Lipinski definition) is 1. The zero-order valence-corrected chi connectivity index (χ0v) is 12.0. The molecule has 19 heavy (non-hydrogen) atoms. The molecule has 5 heteroatoms. The van der Waals surface area contributed by atoms with Crippen molar-refractivity contribution in [2.45, 2.75) is 21.6 Å². The van der Waals surface area contributed by atoms with Crippen LogP contribution in [0, 0.1) is 0 Å². The predicted molar refractivity (Wildman–Crippen MR) is 76.4 cm³/mol. The number of sulfone groups is 1. The quantitative estimate of drug-likeness (QED) is 0.939. The fraction of sp³-hybridized carbons (Fsp3) is 0.143. The number of hydrogen-bond acceptors (Lipinski definition) is 4. The van der Waals surface area contributed by atoms with Crippen LogP contribution in [0.2, 0.25) is 0 Å². The monoisotopic (exact) mass is 294 g/mol. The molecule has 2 rings (SSSR count). The lowest BCUT2D eigenvalue weighted by atomic mass is 10.3. The Balaban J connectivity index is 2.20. The van der Waals surface area contributed by atoms with Crippen LogP contribution in [-0.4, -0.2) is 19.3 Å². The van der Waals surface area contributed by atoms with Crippen LogP contribution in [0.15, 0.2) is 63.2 Å². The Morgan fingerprint density at radius 2 is 1.74 bits per heavy atom. The molecule has 0 amide bonds. The Morgan fingerprint density at radius 1 is 1.05 bits per heavy atom. The molecular weight excluding hydrogens is 280 g/mol. The molecule has 0 aliphatic rings. The molecule has 0 heterocycles. The molecule has 0 aliphatic carbocycles. The van der Waals surface area contributed by atoms with Crippen LogP contribution < -0.4 is 0 Å². The van der Waals surface area contributed by atoms with Gasteiger partial charge < -0.3 is 5.11 Å². The predicted octanol–water partition coefficient (Wildman–Crippen LogP) is 3.34. The van der Waals surface area contributed by atoms with E-state index in [2.05, 4.69) is 0 Å². The molecule has 2 aromatic rings. The van der Waals surface area contributed by atoms with Gasteiger partial charge in [-0.25, -0.2) is 8.42 Å². The Morgan fingerprint density at radius 3 is 2.32 bits per heavy atom. The summed E-state index contributed by atoms with van der Waals surface area (Å²) < 4.78 is 23.4. The first-order chi connectivity index (χ1) is 9.01. The SMILES string of the molecule is CCS(=O)(=O)c1ccc(Sc2cccc(O)c2)cc1. The van der Waals surface area contributed by atoms with Gasteiger partial charge in [-0.3, -0.25) is 0 Å². The van der Waals surface area contributed by atoms with Gasteiger partial charge in [-0.05, 0) is 42.5 Å². The van der Waals surface area contributed by atoms with Crippen LogP contribution in [-0.2, 0) is 9.84 Å². The molecule has 100 valence electrons. The first-order valence-corrected chi connectivity index (χ1v) is 8.28. The van der Waals surface area contributed by atoms with Crippen molar-refractivity contribution in [2.75, 3.05) is 5.75 Å². The van der Waals surface area contributed by atoms with Gasteiger partial charge in [0.15, 0.2) is 9.84 Å². The Bertz CT molecular complexity index is 661. The Labute approximate surface area is 117 Å². The normalized spacial score (nSPS) is 11.4. The van der Waals surface area contributed by atoms with Crippen molar-refractivity contribution in [1.29, 1.82) is 0 Å². The van der Waals surface area contributed by atoms with Gasteiger partial charge in [-0.15, -0.1) is 0 Å². The highest BCUT2D eigenvalue weighted by Crippen LogP contribution is 2.30. The van der Waals surface area contributed by atoms with Crippen molar-refractivity contribution < 1.29 is 13.5 Å². The van der Waals surface area contributed by atoms with E-state index in [0.717, 1.165) is 9.79 Å². The summed E-state index contributed by atoms with van der Waals surface area (Å²) in [4.78, 5) is 2.18. The van der Waals surface area contributed by atoms with E-state index >= 15 is 0 Å². The second kappa shape index (κ2) is 5.67. The van der Waals surface area contributed by atoms with Crippen molar-refractivity contribution in [3.05, 3.63) is 48.5 Å². The van der Waals surface area contributed by atoms with Crippen LogP contribution in [0.5, 0.6) is 5.75 Å². The van der Waals surface area contributed by atoms with Gasteiger partial charge in [0.25, 0.3) is 0 Å². The minimum atomic E-state index is -3.14. The highest BCUT2D eigenvalue weighted by molar-refractivity contribution is 7.99. The molecule has 0 radical (unpaired) electrons. The van der Waals surface area contributed by atoms with Crippen LogP contribution in [0.25, 0.3) is 0 Å². The fourth-order valence-corrected chi connectivity index (χ4v) is 3.32. The van der Waals surface area contributed by atoms with Crippen molar-refractivity contribution in [1.82, 2.24) is 0 Å². The summed E-state index contributed by atoms with van der Waals surface area (Å²) in [5.74, 6) is 0.321. The van der Waals surface area contributed by atoms with Crippen molar-refractivity contribution in [3.63, 3.8) is 0 Å². The second-order valence-electron chi connectivity index (χ2n) is 3.97. The third-order valence-corrected chi connectivity index (χ3v) is 5.36. The van der Waals surface area contributed by atoms with E-state index in [1.807, 2.05) is 6.07 Å². The summed E-state index contributed by atoms with van der Waals surface area (Å²) in [6.45, 7) is 1.63. The molecule has 3 nitrogen and oxygen atoms in total. The molecule has 1 N–H and O–H groups in total. The fourth-order valence-electron chi connectivity index (χ4n) is 1.56. The average molecular weight is 294 g/mol. The van der Waals surface area contributed by atoms with Crippen LogP contribution in [0.4, 0.5) is 0 Å². The molecule has 2 aromatic carbocycles. The standard InChI is InChI=1S/C14H14O3S2/c1-2-19(16,17)14-8-6-12(7-9-14)18-13-5-3-4-11(15)10-13/h3-10,15H,2H2,1H3. The maximum atomic E-state index is 11.7. The number of phenolic OH excluding ortho intramolecular Hbond substituents is 1. The van der Waals surface area contributed by atoms with Gasteiger partial charge in [0.1, 0.15) is 5.75 Å². The van der Waals surface area contributed by atoms with Gasteiger partial charge in [0, 0.05) is 9.79 Å². The molecule has 0 aliphatic heterocycles. The van der Waals surface area contributed by atoms with E-state index in [9.17, 15) is 13.5 Å². The van der Waals surface area contributed by atoms with E-state index in [4.69, 9.17) is 0 Å². The Hall–Kier alpha value is -1.46. The summed E-state index contributed by atoms with van der Waals surface area (Å²) in [5, 5.41) is 9.38. The summed E-state index contributed by atoms with van der Waals surface area (Å²) in [5.41, 5.74) is 0. The third kappa shape index (κ3) is 3.52. The lowest BCUT2D eigenvalue weighted by Crippen LogP contribution is -2.02. The lowest BCUT2D eigenvalue weighted by Gasteiger charge is -2.04. The van der Waals surface area contributed by atoms with E-state index < -0.39 is 9.84 Å². The number of aromatic hydroxyl groups is 1. The number of benzene rings is 2. The first kappa shape index (κ1) is 14.0. The second-order valence-corrected chi connectivity index (χ2v) is 7.40. The van der Waals surface area contributed by atoms with Gasteiger partial charge >= 0.3 is 0 Å². The van der Waals surface area contributed by atoms with Crippen molar-refractivity contribution in [3.8, 4) is 5.75 Å². The minimum Gasteiger partial charge on any atom is -0.508 e. The molecule has 0 atom stereocenters. The van der Waals surface area contributed by atoms with Crippen LogP contribution in [0.3, 0.4) is 0 Å². The average Bonchev–Trinajstić information content (AvgIpc) is 2.39. The summed E-state index contributed by atoms with van der Waals surface area (Å²) in [6.07, 6.45) is 0. The number of phenols is 1.